The summed E-state index contributed by atoms with van der Waals surface area (Å²) in [5.74, 6) is -0.185. The molecule has 0 fully saturated rings. The predicted molar refractivity (Wildman–Crippen MR) is 107 cm³/mol. The highest BCUT2D eigenvalue weighted by Gasteiger charge is 2.37. The molecule has 1 aliphatic heterocycles. The third kappa shape index (κ3) is 3.27. The largest absolute Gasteiger partial charge is 0.447 e. The van der Waals surface area contributed by atoms with E-state index in [1.54, 1.807) is 48.7 Å². The van der Waals surface area contributed by atoms with Crippen LogP contribution in [-0.4, -0.2) is 32.3 Å². The molecule has 0 N–H and O–H groups in total. The first kappa shape index (κ1) is 18.8. The highest BCUT2D eigenvalue weighted by Crippen LogP contribution is 2.44. The molecule has 1 amide bonds. The van der Waals surface area contributed by atoms with Crippen molar-refractivity contribution < 1.29 is 14.5 Å². The van der Waals surface area contributed by atoms with Crippen LogP contribution < -0.4 is 9.64 Å². The molecule has 0 bridgehead atoms. The second-order valence-electron chi connectivity index (χ2n) is 6.14. The van der Waals surface area contributed by atoms with Gasteiger partial charge in [-0.2, -0.15) is 4.98 Å². The van der Waals surface area contributed by atoms with Gasteiger partial charge in [0.2, 0.25) is 23.2 Å². The van der Waals surface area contributed by atoms with E-state index in [2.05, 4.69) is 15.2 Å². The van der Waals surface area contributed by atoms with E-state index in [1.807, 2.05) is 0 Å². The Balaban J connectivity index is 2.01. The summed E-state index contributed by atoms with van der Waals surface area (Å²) in [7, 11) is 0. The summed E-state index contributed by atoms with van der Waals surface area (Å²) in [6.07, 6.45) is 0.707. The van der Waals surface area contributed by atoms with Crippen molar-refractivity contribution in [2.24, 2.45) is 0 Å². The van der Waals surface area contributed by atoms with E-state index in [9.17, 15) is 14.9 Å². The summed E-state index contributed by atoms with van der Waals surface area (Å²) in [5, 5.41) is 20.3. The third-order valence-corrected chi connectivity index (χ3v) is 4.97. The fraction of sp³-hybridized carbons (Fsp3) is 0.158. The van der Waals surface area contributed by atoms with Crippen molar-refractivity contribution in [3.63, 3.8) is 0 Å². The molecule has 0 saturated carbocycles. The molecule has 3 aromatic rings. The van der Waals surface area contributed by atoms with Crippen LogP contribution in [0.2, 0.25) is 0 Å². The number of para-hydroxylation sites is 2. The molecule has 2 aromatic carbocycles. The van der Waals surface area contributed by atoms with E-state index in [-0.39, 0.29) is 23.0 Å². The minimum absolute atomic E-state index is 0.156. The monoisotopic (exact) mass is 409 g/mol. The van der Waals surface area contributed by atoms with Crippen molar-refractivity contribution in [1.29, 1.82) is 0 Å². The number of benzene rings is 2. The molecule has 0 radical (unpaired) electrons. The average Bonchev–Trinajstić information content (AvgIpc) is 2.87. The van der Waals surface area contributed by atoms with Crippen molar-refractivity contribution >= 4 is 29.0 Å². The minimum atomic E-state index is -1.09. The fourth-order valence-corrected chi connectivity index (χ4v) is 3.50. The number of aromatic nitrogens is 3. The summed E-state index contributed by atoms with van der Waals surface area (Å²) in [4.78, 5) is 29.6. The van der Waals surface area contributed by atoms with Crippen LogP contribution >= 0.6 is 11.8 Å². The maximum absolute atomic E-state index is 12.7. The molecule has 0 saturated heterocycles. The first-order valence-electron chi connectivity index (χ1n) is 8.59. The molecule has 1 aliphatic rings. The Labute approximate surface area is 169 Å². The van der Waals surface area contributed by atoms with Crippen molar-refractivity contribution in [3.8, 4) is 17.1 Å². The Morgan fingerprint density at radius 2 is 1.90 bits per heavy atom. The third-order valence-electron chi connectivity index (χ3n) is 4.43. The number of carbonyl (C=O) groups excluding carboxylic acids is 1. The number of thioether (sulfide) groups is 1. The van der Waals surface area contributed by atoms with E-state index < -0.39 is 11.2 Å². The first-order valence-corrected chi connectivity index (χ1v) is 9.81. The van der Waals surface area contributed by atoms with Gasteiger partial charge in [-0.25, -0.2) is 0 Å². The quantitative estimate of drug-likeness (QED) is 0.366. The maximum atomic E-state index is 12.7. The number of hydrogen-bond donors (Lipinski definition) is 0. The molecule has 1 atom stereocenters. The Kier molecular flexibility index (Phi) is 4.85. The van der Waals surface area contributed by atoms with Gasteiger partial charge in [-0.3, -0.25) is 19.8 Å². The van der Waals surface area contributed by atoms with Gasteiger partial charge < -0.3 is 4.74 Å². The lowest BCUT2D eigenvalue weighted by molar-refractivity contribution is -0.386. The van der Waals surface area contributed by atoms with Crippen LogP contribution in [0.5, 0.6) is 5.88 Å². The molecular formula is C19H15N5O4S. The average molecular weight is 409 g/mol. The number of anilines is 1. The number of nitro benzene ring substituents is 1. The van der Waals surface area contributed by atoms with Gasteiger partial charge in [0.05, 0.1) is 16.2 Å². The number of carbonyl (C=O) groups is 1. The van der Waals surface area contributed by atoms with Crippen molar-refractivity contribution in [2.75, 3.05) is 11.2 Å². The van der Waals surface area contributed by atoms with Gasteiger partial charge in [0, 0.05) is 18.6 Å². The highest BCUT2D eigenvalue weighted by molar-refractivity contribution is 7.98. The van der Waals surface area contributed by atoms with E-state index in [0.29, 0.717) is 22.1 Å². The Morgan fingerprint density at radius 1 is 1.17 bits per heavy atom. The maximum Gasteiger partial charge on any atom is 0.278 e. The molecule has 1 aromatic heterocycles. The summed E-state index contributed by atoms with van der Waals surface area (Å²) in [6.45, 7) is 1.38. The number of hydrogen-bond acceptors (Lipinski definition) is 8. The van der Waals surface area contributed by atoms with Crippen LogP contribution in [0, 0.1) is 10.1 Å². The van der Waals surface area contributed by atoms with Gasteiger partial charge in [0.15, 0.2) is 5.69 Å². The zero-order valence-corrected chi connectivity index (χ0v) is 16.3. The number of nitro groups is 1. The first-order chi connectivity index (χ1) is 14.0. The van der Waals surface area contributed by atoms with Crippen molar-refractivity contribution in [2.45, 2.75) is 18.3 Å². The van der Waals surface area contributed by atoms with E-state index in [4.69, 9.17) is 4.74 Å². The number of amides is 1. The lowest BCUT2D eigenvalue weighted by Gasteiger charge is -2.29. The number of ether oxygens (including phenoxy) is 1. The van der Waals surface area contributed by atoms with Gasteiger partial charge in [0.1, 0.15) is 0 Å². The Hall–Kier alpha value is -3.53. The van der Waals surface area contributed by atoms with Gasteiger partial charge in [-0.05, 0) is 18.4 Å². The highest BCUT2D eigenvalue weighted by atomic mass is 32.2. The Bertz CT molecular complexity index is 1120. The van der Waals surface area contributed by atoms with Crippen LogP contribution in [-0.2, 0) is 4.79 Å². The van der Waals surface area contributed by atoms with Gasteiger partial charge >= 0.3 is 0 Å². The molecular weight excluding hydrogens is 394 g/mol. The SMILES string of the molecule is CSc1nnc2c(n1)O[C@@H](c1ccccc1[N+](=O)[O-])N(C(C)=O)c1ccccc1-2. The molecule has 0 spiro atoms. The molecule has 0 unspecified atom stereocenters. The van der Waals surface area contributed by atoms with Crippen molar-refractivity contribution in [1.82, 2.24) is 15.2 Å². The van der Waals surface area contributed by atoms with Gasteiger partial charge in [-0.1, -0.05) is 42.1 Å². The van der Waals surface area contributed by atoms with Crippen molar-refractivity contribution in [3.05, 3.63) is 64.2 Å². The molecule has 0 aliphatic carbocycles. The van der Waals surface area contributed by atoms with Crippen LogP contribution in [0.25, 0.3) is 11.3 Å². The number of nitrogens with zero attached hydrogens (tertiary/aromatic N) is 5. The molecule has 29 heavy (non-hydrogen) atoms. The summed E-state index contributed by atoms with van der Waals surface area (Å²) >= 11 is 1.29. The second-order valence-corrected chi connectivity index (χ2v) is 6.92. The van der Waals surface area contributed by atoms with E-state index in [0.717, 1.165) is 0 Å². The summed E-state index contributed by atoms with van der Waals surface area (Å²) < 4.78 is 6.11. The lowest BCUT2D eigenvalue weighted by Crippen LogP contribution is -2.36. The molecule has 4 rings (SSSR count). The van der Waals surface area contributed by atoms with Crippen LogP contribution in [0.4, 0.5) is 11.4 Å². The predicted octanol–water partition coefficient (Wildman–Crippen LogP) is 3.61. The smallest absolute Gasteiger partial charge is 0.278 e. The summed E-state index contributed by atoms with van der Waals surface area (Å²) in [6, 6.07) is 13.3. The Morgan fingerprint density at radius 3 is 2.62 bits per heavy atom. The van der Waals surface area contributed by atoms with E-state index >= 15 is 0 Å². The topological polar surface area (TPSA) is 111 Å². The number of fused-ring (bicyclic) bond motifs is 3. The van der Waals surface area contributed by atoms with Gasteiger partial charge in [-0.15, -0.1) is 10.2 Å². The molecule has 10 heteroatoms. The molecule has 146 valence electrons. The molecule has 2 heterocycles. The lowest BCUT2D eigenvalue weighted by atomic mass is 10.1. The number of rotatable bonds is 3. The fourth-order valence-electron chi connectivity index (χ4n) is 3.20. The molecule has 9 nitrogen and oxygen atoms in total. The normalized spacial score (nSPS) is 15.0. The van der Waals surface area contributed by atoms with Crippen LogP contribution in [0.1, 0.15) is 18.7 Å². The zero-order valence-electron chi connectivity index (χ0n) is 15.5. The minimum Gasteiger partial charge on any atom is -0.447 e. The summed E-state index contributed by atoms with van der Waals surface area (Å²) in [5.41, 5.74) is 1.56. The van der Waals surface area contributed by atoms with Crippen LogP contribution in [0.3, 0.4) is 0 Å². The zero-order chi connectivity index (χ0) is 20.5. The second kappa shape index (κ2) is 7.47. The van der Waals surface area contributed by atoms with E-state index in [1.165, 1.54) is 29.7 Å². The standard InChI is InChI=1S/C19H15N5O4S/c1-11(25)23-14-9-5-3-7-12(14)16-17(20-19(29-2)22-21-16)28-18(23)13-8-4-6-10-15(13)24(26)27/h3-10,18H,1-2H3/t18-/m0/s1. The van der Waals surface area contributed by atoms with Gasteiger partial charge in [0.25, 0.3) is 5.69 Å². The van der Waals surface area contributed by atoms with Crippen LogP contribution in [0.15, 0.2) is 53.7 Å².